The Morgan fingerprint density at radius 3 is 2.86 bits per heavy atom. The van der Waals surface area contributed by atoms with Gasteiger partial charge in [0, 0.05) is 49.9 Å². The SMILES string of the molecule is CC(C)CCN1CCOCCOc2ccc(C(=O)NCCc3cnc[nH]3)cc2Cc2cccc(c2)C1. The van der Waals surface area contributed by atoms with Crippen LogP contribution in [0.3, 0.4) is 0 Å². The third-order valence-electron chi connectivity index (χ3n) is 6.41. The molecule has 2 N–H and O–H groups in total. The van der Waals surface area contributed by atoms with Gasteiger partial charge in [-0.25, -0.2) is 4.98 Å². The van der Waals surface area contributed by atoms with E-state index < -0.39 is 0 Å². The van der Waals surface area contributed by atoms with Crippen molar-refractivity contribution in [3.63, 3.8) is 0 Å². The van der Waals surface area contributed by atoms with E-state index in [4.69, 9.17) is 9.47 Å². The van der Waals surface area contributed by atoms with E-state index >= 15 is 0 Å². The molecular weight excluding hydrogens is 452 g/mol. The summed E-state index contributed by atoms with van der Waals surface area (Å²) >= 11 is 0. The normalized spacial score (nSPS) is 15.1. The van der Waals surface area contributed by atoms with E-state index in [-0.39, 0.29) is 5.91 Å². The van der Waals surface area contributed by atoms with Crippen molar-refractivity contribution in [2.45, 2.75) is 39.7 Å². The van der Waals surface area contributed by atoms with Gasteiger partial charge in [0.25, 0.3) is 5.91 Å². The predicted molar refractivity (Wildman–Crippen MR) is 141 cm³/mol. The molecule has 3 aromatic rings. The van der Waals surface area contributed by atoms with Gasteiger partial charge in [-0.1, -0.05) is 38.1 Å². The number of hydrogen-bond acceptors (Lipinski definition) is 5. The summed E-state index contributed by atoms with van der Waals surface area (Å²) in [6.07, 6.45) is 6.00. The predicted octanol–water partition coefficient (Wildman–Crippen LogP) is 4.23. The number of benzene rings is 2. The highest BCUT2D eigenvalue weighted by atomic mass is 16.5. The van der Waals surface area contributed by atoms with Crippen LogP contribution in [-0.4, -0.2) is 60.2 Å². The number of nitrogens with one attached hydrogen (secondary N) is 2. The fourth-order valence-corrected chi connectivity index (χ4v) is 4.37. The van der Waals surface area contributed by atoms with Crippen molar-refractivity contribution < 1.29 is 14.3 Å². The molecule has 192 valence electrons. The number of ether oxygens (including phenoxy) is 2. The third-order valence-corrected chi connectivity index (χ3v) is 6.41. The van der Waals surface area contributed by atoms with E-state index in [1.807, 2.05) is 18.2 Å². The van der Waals surface area contributed by atoms with E-state index in [2.05, 4.69) is 58.3 Å². The highest BCUT2D eigenvalue weighted by Crippen LogP contribution is 2.25. The average Bonchev–Trinajstić information content (AvgIpc) is 3.38. The second kappa shape index (κ2) is 13.2. The van der Waals surface area contributed by atoms with Crippen LogP contribution in [0.1, 0.15) is 53.0 Å². The maximum atomic E-state index is 12.8. The largest absolute Gasteiger partial charge is 0.491 e. The fraction of sp³-hybridized carbons (Fsp3) is 0.448. The Bertz CT molecular complexity index is 1100. The number of amides is 1. The highest BCUT2D eigenvalue weighted by Gasteiger charge is 2.14. The Kier molecular flexibility index (Phi) is 9.53. The molecule has 0 radical (unpaired) electrons. The molecule has 7 nitrogen and oxygen atoms in total. The molecule has 0 saturated heterocycles. The van der Waals surface area contributed by atoms with Crippen molar-refractivity contribution in [2.75, 3.05) is 39.5 Å². The lowest BCUT2D eigenvalue weighted by atomic mass is 9.99. The van der Waals surface area contributed by atoms with E-state index in [1.165, 1.54) is 17.5 Å². The summed E-state index contributed by atoms with van der Waals surface area (Å²) in [5.74, 6) is 1.38. The van der Waals surface area contributed by atoms with Gasteiger partial charge in [-0.3, -0.25) is 9.69 Å². The summed E-state index contributed by atoms with van der Waals surface area (Å²) in [5.41, 5.74) is 5.14. The number of hydrogen-bond donors (Lipinski definition) is 2. The molecule has 36 heavy (non-hydrogen) atoms. The Morgan fingerprint density at radius 1 is 1.14 bits per heavy atom. The fourth-order valence-electron chi connectivity index (χ4n) is 4.37. The van der Waals surface area contributed by atoms with Gasteiger partial charge < -0.3 is 19.8 Å². The lowest BCUT2D eigenvalue weighted by Gasteiger charge is -2.24. The first kappa shape index (κ1) is 25.9. The smallest absolute Gasteiger partial charge is 0.251 e. The Labute approximate surface area is 214 Å². The molecule has 2 aromatic carbocycles. The molecule has 1 amide bonds. The molecule has 0 saturated carbocycles. The number of rotatable bonds is 7. The quantitative estimate of drug-likeness (QED) is 0.518. The second-order valence-corrected chi connectivity index (χ2v) is 9.82. The summed E-state index contributed by atoms with van der Waals surface area (Å²) < 4.78 is 12.0. The minimum Gasteiger partial charge on any atom is -0.491 e. The highest BCUT2D eigenvalue weighted by molar-refractivity contribution is 5.94. The van der Waals surface area contributed by atoms with E-state index in [1.54, 1.807) is 12.5 Å². The van der Waals surface area contributed by atoms with Gasteiger partial charge >= 0.3 is 0 Å². The Hall–Kier alpha value is -3.16. The monoisotopic (exact) mass is 490 g/mol. The number of fused-ring (bicyclic) bond motifs is 3. The third kappa shape index (κ3) is 7.93. The van der Waals surface area contributed by atoms with Crippen LogP contribution in [0.25, 0.3) is 0 Å². The maximum absolute atomic E-state index is 12.8. The number of carbonyl (C=O) groups is 1. The lowest BCUT2D eigenvalue weighted by molar-refractivity contribution is 0.0764. The number of carbonyl (C=O) groups excluding carboxylic acids is 1. The summed E-state index contributed by atoms with van der Waals surface area (Å²) in [6.45, 7) is 9.66. The van der Waals surface area contributed by atoms with Gasteiger partial charge in [-0.05, 0) is 53.8 Å². The zero-order valence-electron chi connectivity index (χ0n) is 21.5. The Balaban J connectivity index is 1.49. The molecule has 0 spiro atoms. The first-order valence-electron chi connectivity index (χ1n) is 13.0. The van der Waals surface area contributed by atoms with Crippen LogP contribution in [0, 0.1) is 5.92 Å². The Morgan fingerprint density at radius 2 is 2.03 bits per heavy atom. The average molecular weight is 491 g/mol. The summed E-state index contributed by atoms with van der Waals surface area (Å²) in [7, 11) is 0. The summed E-state index contributed by atoms with van der Waals surface area (Å²) in [6, 6.07) is 14.4. The van der Waals surface area contributed by atoms with E-state index in [0.29, 0.717) is 50.7 Å². The molecule has 0 fully saturated rings. The molecule has 0 unspecified atom stereocenters. The summed E-state index contributed by atoms with van der Waals surface area (Å²) in [4.78, 5) is 22.4. The summed E-state index contributed by atoms with van der Waals surface area (Å²) in [5, 5.41) is 3.01. The van der Waals surface area contributed by atoms with Gasteiger partial charge in [0.1, 0.15) is 12.4 Å². The number of nitrogens with zero attached hydrogens (tertiary/aromatic N) is 2. The van der Waals surface area contributed by atoms with Crippen molar-refractivity contribution in [1.82, 2.24) is 20.2 Å². The first-order chi connectivity index (χ1) is 17.6. The zero-order valence-corrected chi connectivity index (χ0v) is 21.5. The zero-order chi connectivity index (χ0) is 25.2. The van der Waals surface area contributed by atoms with Crippen LogP contribution in [0.4, 0.5) is 0 Å². The van der Waals surface area contributed by atoms with Crippen molar-refractivity contribution in [3.05, 3.63) is 82.9 Å². The van der Waals surface area contributed by atoms with Gasteiger partial charge in [0.05, 0.1) is 19.5 Å². The molecule has 0 aliphatic carbocycles. The molecule has 0 atom stereocenters. The topological polar surface area (TPSA) is 79.5 Å². The van der Waals surface area contributed by atoms with Gasteiger partial charge in [0.2, 0.25) is 0 Å². The van der Waals surface area contributed by atoms with Gasteiger partial charge in [0.15, 0.2) is 0 Å². The van der Waals surface area contributed by atoms with Crippen molar-refractivity contribution in [1.29, 1.82) is 0 Å². The maximum Gasteiger partial charge on any atom is 0.251 e. The van der Waals surface area contributed by atoms with Crippen LogP contribution in [0.15, 0.2) is 55.0 Å². The number of aromatic nitrogens is 2. The van der Waals surface area contributed by atoms with Crippen LogP contribution in [0.2, 0.25) is 0 Å². The van der Waals surface area contributed by atoms with Crippen molar-refractivity contribution in [3.8, 4) is 5.75 Å². The van der Waals surface area contributed by atoms with E-state index in [0.717, 1.165) is 36.6 Å². The molecule has 1 aliphatic rings. The van der Waals surface area contributed by atoms with E-state index in [9.17, 15) is 4.79 Å². The number of aromatic amines is 1. The number of imidazole rings is 1. The van der Waals surface area contributed by atoms with Crippen molar-refractivity contribution >= 4 is 5.91 Å². The molecular formula is C29H38N4O3. The molecule has 1 aromatic heterocycles. The van der Waals surface area contributed by atoms with Crippen LogP contribution in [-0.2, 0) is 24.1 Å². The number of H-pyrrole nitrogens is 1. The minimum atomic E-state index is -0.0883. The van der Waals surface area contributed by atoms with Crippen LogP contribution >= 0.6 is 0 Å². The molecule has 2 heterocycles. The first-order valence-corrected chi connectivity index (χ1v) is 13.0. The van der Waals surface area contributed by atoms with Crippen LogP contribution < -0.4 is 10.1 Å². The van der Waals surface area contributed by atoms with Crippen LogP contribution in [0.5, 0.6) is 5.75 Å². The molecule has 4 rings (SSSR count). The standard InChI is InChI=1S/C29H38N4O3/c1-22(2)9-11-33-12-13-35-14-15-36-28-7-6-25(29(34)31-10-8-27-19-30-21-32-27)18-26(28)17-23-4-3-5-24(16-23)20-33/h3-7,16,18-19,21-22H,8-15,17,20H2,1-2H3,(H,30,32)(H,31,34). The van der Waals surface area contributed by atoms with Gasteiger partial charge in [-0.15, -0.1) is 0 Å². The van der Waals surface area contributed by atoms with Crippen molar-refractivity contribution in [2.24, 2.45) is 5.92 Å². The molecule has 7 heteroatoms. The second-order valence-electron chi connectivity index (χ2n) is 9.82. The molecule has 1 aliphatic heterocycles. The molecule has 2 bridgehead atoms. The minimum absolute atomic E-state index is 0.0883. The lowest BCUT2D eigenvalue weighted by Crippen LogP contribution is -2.29. The van der Waals surface area contributed by atoms with Gasteiger partial charge in [-0.2, -0.15) is 0 Å².